The minimum absolute atomic E-state index is 0.0909. The summed E-state index contributed by atoms with van der Waals surface area (Å²) in [4.78, 5) is 0. The predicted octanol–water partition coefficient (Wildman–Crippen LogP) is 4.56. The van der Waals surface area contributed by atoms with Gasteiger partial charge in [-0.1, -0.05) is 44.8 Å². The molecule has 3 saturated carbocycles. The lowest BCUT2D eigenvalue weighted by Crippen LogP contribution is -2.47. The molecule has 4 aliphatic carbocycles. The summed E-state index contributed by atoms with van der Waals surface area (Å²) in [7, 11) is 0. The van der Waals surface area contributed by atoms with Crippen molar-refractivity contribution >= 4 is 0 Å². The summed E-state index contributed by atoms with van der Waals surface area (Å²) in [6.45, 7) is 4.83. The van der Waals surface area contributed by atoms with Crippen LogP contribution in [0.1, 0.15) is 65.2 Å². The van der Waals surface area contributed by atoms with Gasteiger partial charge in [0.15, 0.2) is 0 Å². The lowest BCUT2D eigenvalue weighted by Gasteiger charge is -2.54. The van der Waals surface area contributed by atoms with E-state index in [0.717, 1.165) is 42.4 Å². The van der Waals surface area contributed by atoms with E-state index in [1.54, 1.807) is 5.57 Å². The Morgan fingerprint density at radius 3 is 2.65 bits per heavy atom. The highest BCUT2D eigenvalue weighted by Gasteiger charge is 2.50. The zero-order chi connectivity index (χ0) is 13.9. The number of fused-ring (bicyclic) bond motifs is 4. The molecule has 6 atom stereocenters. The molecule has 0 bridgehead atoms. The highest BCUT2D eigenvalue weighted by Crippen LogP contribution is 2.59. The van der Waals surface area contributed by atoms with E-state index in [1.807, 2.05) is 0 Å². The molecule has 1 N–H and O–H groups in total. The van der Waals surface area contributed by atoms with Crippen molar-refractivity contribution in [3.63, 3.8) is 0 Å². The van der Waals surface area contributed by atoms with Crippen LogP contribution in [-0.4, -0.2) is 11.2 Å². The van der Waals surface area contributed by atoms with Crippen LogP contribution < -0.4 is 0 Å². The van der Waals surface area contributed by atoms with Crippen LogP contribution in [0.3, 0.4) is 0 Å². The van der Waals surface area contributed by atoms with Gasteiger partial charge in [-0.3, -0.25) is 0 Å². The minimum Gasteiger partial charge on any atom is -0.393 e. The van der Waals surface area contributed by atoms with Crippen molar-refractivity contribution in [3.05, 3.63) is 11.6 Å². The predicted molar refractivity (Wildman–Crippen MR) is 82.3 cm³/mol. The summed E-state index contributed by atoms with van der Waals surface area (Å²) in [6, 6.07) is 0. The molecule has 0 radical (unpaired) electrons. The molecule has 0 spiro atoms. The third-order valence-electron chi connectivity index (χ3n) is 7.19. The topological polar surface area (TPSA) is 20.2 Å². The number of hydrogen-bond donors (Lipinski definition) is 1. The Balaban J connectivity index is 1.65. The van der Waals surface area contributed by atoms with Crippen molar-refractivity contribution in [1.29, 1.82) is 0 Å². The van der Waals surface area contributed by atoms with E-state index in [0.29, 0.717) is 5.41 Å². The molecule has 0 amide bonds. The second kappa shape index (κ2) is 4.60. The fourth-order valence-electron chi connectivity index (χ4n) is 6.59. The maximum absolute atomic E-state index is 10.2. The highest BCUT2D eigenvalue weighted by atomic mass is 16.3. The van der Waals surface area contributed by atoms with E-state index in [2.05, 4.69) is 19.9 Å². The summed E-state index contributed by atoms with van der Waals surface area (Å²) < 4.78 is 0. The smallest absolute Gasteiger partial charge is 0.0582 e. The van der Waals surface area contributed by atoms with Crippen molar-refractivity contribution in [3.8, 4) is 0 Å². The molecule has 0 aromatic carbocycles. The van der Waals surface area contributed by atoms with Crippen molar-refractivity contribution < 1.29 is 5.11 Å². The van der Waals surface area contributed by atoms with Crippen LogP contribution in [0.15, 0.2) is 11.6 Å². The van der Waals surface area contributed by atoms with Crippen LogP contribution in [0.25, 0.3) is 0 Å². The standard InChI is InChI=1S/C19H30O/c1-19(2)11-16(20)9-15-7-6-14-8-12-4-3-5-13(12)10-17(14)18(15)19/h7,12-14,16-18,20H,3-6,8-11H2,1-2H3. The van der Waals surface area contributed by atoms with Gasteiger partial charge in [-0.05, 0) is 67.1 Å². The van der Waals surface area contributed by atoms with E-state index in [-0.39, 0.29) is 6.10 Å². The summed E-state index contributed by atoms with van der Waals surface area (Å²) in [6.07, 6.45) is 13.2. The zero-order valence-corrected chi connectivity index (χ0v) is 13.1. The summed E-state index contributed by atoms with van der Waals surface area (Å²) in [5.41, 5.74) is 1.92. The quantitative estimate of drug-likeness (QED) is 0.642. The molecule has 4 rings (SSSR count). The first kappa shape index (κ1) is 13.4. The van der Waals surface area contributed by atoms with Crippen molar-refractivity contribution in [2.45, 2.75) is 71.3 Å². The van der Waals surface area contributed by atoms with Crippen LogP contribution in [0.5, 0.6) is 0 Å². The van der Waals surface area contributed by atoms with E-state index >= 15 is 0 Å². The van der Waals surface area contributed by atoms with Gasteiger partial charge >= 0.3 is 0 Å². The lowest BCUT2D eigenvalue weighted by atomic mass is 9.51. The monoisotopic (exact) mass is 274 g/mol. The van der Waals surface area contributed by atoms with E-state index in [4.69, 9.17) is 0 Å². The van der Waals surface area contributed by atoms with Gasteiger partial charge in [-0.25, -0.2) is 0 Å². The molecule has 1 nitrogen and oxygen atoms in total. The Morgan fingerprint density at radius 1 is 1.10 bits per heavy atom. The van der Waals surface area contributed by atoms with Gasteiger partial charge < -0.3 is 5.11 Å². The Bertz CT molecular complexity index is 421. The molecule has 4 aliphatic rings. The Kier molecular flexibility index (Phi) is 3.07. The van der Waals surface area contributed by atoms with Crippen LogP contribution >= 0.6 is 0 Å². The van der Waals surface area contributed by atoms with Gasteiger partial charge in [0.2, 0.25) is 0 Å². The molecular weight excluding hydrogens is 244 g/mol. The first-order valence-electron chi connectivity index (χ1n) is 8.91. The molecule has 3 fully saturated rings. The number of aliphatic hydroxyl groups is 1. The van der Waals surface area contributed by atoms with E-state index < -0.39 is 0 Å². The molecule has 0 aliphatic heterocycles. The van der Waals surface area contributed by atoms with Crippen LogP contribution in [-0.2, 0) is 0 Å². The maximum Gasteiger partial charge on any atom is 0.0582 e. The van der Waals surface area contributed by atoms with Gasteiger partial charge in [-0.2, -0.15) is 0 Å². The Labute approximate surface area is 123 Å². The minimum atomic E-state index is -0.0909. The molecule has 1 heteroatoms. The average Bonchev–Trinajstić information content (AvgIpc) is 2.81. The third-order valence-corrected chi connectivity index (χ3v) is 7.19. The Morgan fingerprint density at radius 2 is 1.85 bits per heavy atom. The van der Waals surface area contributed by atoms with Gasteiger partial charge in [-0.15, -0.1) is 0 Å². The number of aliphatic hydroxyl groups excluding tert-OH is 1. The van der Waals surface area contributed by atoms with Gasteiger partial charge in [0.1, 0.15) is 0 Å². The molecule has 20 heavy (non-hydrogen) atoms. The van der Waals surface area contributed by atoms with Gasteiger partial charge in [0.25, 0.3) is 0 Å². The highest BCUT2D eigenvalue weighted by molar-refractivity contribution is 5.22. The second-order valence-electron chi connectivity index (χ2n) is 8.89. The van der Waals surface area contributed by atoms with Crippen molar-refractivity contribution in [1.82, 2.24) is 0 Å². The molecule has 0 aromatic heterocycles. The van der Waals surface area contributed by atoms with Crippen molar-refractivity contribution in [2.75, 3.05) is 0 Å². The second-order valence-corrected chi connectivity index (χ2v) is 8.89. The van der Waals surface area contributed by atoms with Crippen LogP contribution in [0.2, 0.25) is 0 Å². The lowest BCUT2D eigenvalue weighted by molar-refractivity contribution is -0.0154. The van der Waals surface area contributed by atoms with Crippen molar-refractivity contribution in [2.24, 2.45) is 35.0 Å². The largest absolute Gasteiger partial charge is 0.393 e. The first-order valence-corrected chi connectivity index (χ1v) is 8.91. The third kappa shape index (κ3) is 2.00. The number of hydrogen-bond acceptors (Lipinski definition) is 1. The molecule has 6 unspecified atom stereocenters. The summed E-state index contributed by atoms with van der Waals surface area (Å²) >= 11 is 0. The van der Waals surface area contributed by atoms with Crippen LogP contribution in [0.4, 0.5) is 0 Å². The molecule has 0 saturated heterocycles. The number of rotatable bonds is 0. The fourth-order valence-corrected chi connectivity index (χ4v) is 6.59. The molecular formula is C19H30O. The first-order chi connectivity index (χ1) is 9.54. The van der Waals surface area contributed by atoms with Crippen LogP contribution in [0, 0.1) is 35.0 Å². The van der Waals surface area contributed by atoms with E-state index in [9.17, 15) is 5.11 Å². The van der Waals surface area contributed by atoms with E-state index in [1.165, 1.54) is 38.5 Å². The molecule has 0 heterocycles. The Hall–Kier alpha value is -0.300. The maximum atomic E-state index is 10.2. The summed E-state index contributed by atoms with van der Waals surface area (Å²) in [5, 5.41) is 10.2. The fraction of sp³-hybridized carbons (Fsp3) is 0.895. The van der Waals surface area contributed by atoms with Gasteiger partial charge in [0, 0.05) is 0 Å². The number of allylic oxidation sites excluding steroid dienone is 1. The normalized spacial score (nSPS) is 49.9. The molecule has 112 valence electrons. The SMILES string of the molecule is CC1(C)CC(O)CC2=CCC3CC4CCCC4CC3C21. The molecule has 0 aromatic rings. The zero-order valence-electron chi connectivity index (χ0n) is 13.1. The summed E-state index contributed by atoms with van der Waals surface area (Å²) in [5.74, 6) is 4.75. The van der Waals surface area contributed by atoms with Gasteiger partial charge in [0.05, 0.1) is 6.10 Å². The average molecular weight is 274 g/mol.